The van der Waals surface area contributed by atoms with Crippen LogP contribution in [0.5, 0.6) is 5.75 Å². The van der Waals surface area contributed by atoms with Crippen LogP contribution >= 0.6 is 0 Å². The number of ether oxygens (including phenoxy) is 1. The highest BCUT2D eigenvalue weighted by Crippen LogP contribution is 2.37. The fraction of sp³-hybridized carbons (Fsp3) is 0.257. The third-order valence-corrected chi connectivity index (χ3v) is 7.54. The summed E-state index contributed by atoms with van der Waals surface area (Å²) < 4.78 is 18.9. The predicted octanol–water partition coefficient (Wildman–Crippen LogP) is 5.03. The Balaban J connectivity index is 1.44. The van der Waals surface area contributed by atoms with Crippen LogP contribution in [0.4, 0.5) is 4.39 Å². The molecule has 8 heteroatoms. The van der Waals surface area contributed by atoms with E-state index in [-0.39, 0.29) is 12.8 Å². The van der Waals surface area contributed by atoms with Gasteiger partial charge in [0.15, 0.2) is 0 Å². The number of amides is 1. The lowest BCUT2D eigenvalue weighted by atomic mass is 9.77. The molecule has 4 aromatic rings. The van der Waals surface area contributed by atoms with Gasteiger partial charge in [-0.15, -0.1) is 0 Å². The molecular weight excluding hydrogens is 545 g/mol. The number of unbranched alkanes of at least 4 members (excludes halogenated alkanes) is 1. The number of methoxy groups -OCH3 is 1. The second kappa shape index (κ2) is 15.1. The summed E-state index contributed by atoms with van der Waals surface area (Å²) in [5, 5.41) is 16.1. The van der Waals surface area contributed by atoms with E-state index in [4.69, 9.17) is 10.5 Å². The number of rotatable bonds is 15. The van der Waals surface area contributed by atoms with Crippen molar-refractivity contribution in [1.82, 2.24) is 10.6 Å². The topological polar surface area (TPSA) is 114 Å². The van der Waals surface area contributed by atoms with Crippen LogP contribution in [0.15, 0.2) is 109 Å². The van der Waals surface area contributed by atoms with E-state index in [2.05, 4.69) is 47.0 Å². The Morgan fingerprint density at radius 2 is 1.47 bits per heavy atom. The SMILES string of the molecule is COc1ccc(C(NCCCC[C@H](NC(=O)[C@@H](N)Cc2cccc(F)c2)C(=O)O)(c2ccccc2)c2ccccc2)cc1. The average Bonchev–Trinajstić information content (AvgIpc) is 3.03. The molecule has 5 N–H and O–H groups in total. The van der Waals surface area contributed by atoms with Crippen LogP contribution in [0.1, 0.15) is 41.5 Å². The van der Waals surface area contributed by atoms with Crippen LogP contribution in [-0.4, -0.2) is 42.7 Å². The summed E-state index contributed by atoms with van der Waals surface area (Å²) in [7, 11) is 1.64. The molecule has 0 heterocycles. The maximum atomic E-state index is 13.5. The number of nitrogens with one attached hydrogen (secondary N) is 2. The molecule has 0 radical (unpaired) electrons. The van der Waals surface area contributed by atoms with Gasteiger partial charge in [0, 0.05) is 0 Å². The van der Waals surface area contributed by atoms with Gasteiger partial charge in [0.05, 0.1) is 18.7 Å². The molecule has 1 amide bonds. The Kier molecular flexibility index (Phi) is 11.0. The summed E-state index contributed by atoms with van der Waals surface area (Å²) >= 11 is 0. The quantitative estimate of drug-likeness (QED) is 0.115. The van der Waals surface area contributed by atoms with Crippen molar-refractivity contribution in [3.8, 4) is 5.75 Å². The molecule has 0 aliphatic carbocycles. The van der Waals surface area contributed by atoms with Gasteiger partial charge >= 0.3 is 5.97 Å². The maximum absolute atomic E-state index is 13.5. The van der Waals surface area contributed by atoms with E-state index < -0.39 is 35.3 Å². The first kappa shape index (κ1) is 31.4. The standard InChI is InChI=1S/C35H38FN3O4/c1-43-30-20-18-28(19-21-30)35(26-12-4-2-5-13-26,27-14-6-3-7-15-27)38-22-9-8-17-32(34(41)42)39-33(40)31(37)24-25-11-10-16-29(36)23-25/h2-7,10-16,18-21,23,31-32,38H,8-9,17,22,24,37H2,1H3,(H,39,40)(H,41,42)/t31-,32-/m0/s1. The average molecular weight is 584 g/mol. The zero-order valence-electron chi connectivity index (χ0n) is 24.2. The lowest BCUT2D eigenvalue weighted by Crippen LogP contribution is -2.49. The van der Waals surface area contributed by atoms with Gasteiger partial charge in [-0.2, -0.15) is 0 Å². The Morgan fingerprint density at radius 1 is 0.860 bits per heavy atom. The lowest BCUT2D eigenvalue weighted by molar-refractivity contribution is -0.142. The van der Waals surface area contributed by atoms with Crippen LogP contribution in [0, 0.1) is 5.82 Å². The van der Waals surface area contributed by atoms with Crippen LogP contribution < -0.4 is 21.1 Å². The van der Waals surface area contributed by atoms with E-state index >= 15 is 0 Å². The third kappa shape index (κ3) is 8.06. The summed E-state index contributed by atoms with van der Waals surface area (Å²) in [4.78, 5) is 24.6. The normalized spacial score (nSPS) is 12.7. The smallest absolute Gasteiger partial charge is 0.326 e. The number of carbonyl (C=O) groups excluding carboxylic acids is 1. The summed E-state index contributed by atoms with van der Waals surface area (Å²) in [5.74, 6) is -1.37. The minimum atomic E-state index is -1.12. The van der Waals surface area contributed by atoms with Crippen LogP contribution in [-0.2, 0) is 21.5 Å². The fourth-order valence-corrected chi connectivity index (χ4v) is 5.32. The van der Waals surface area contributed by atoms with Crippen molar-refractivity contribution in [3.05, 3.63) is 137 Å². The largest absolute Gasteiger partial charge is 0.497 e. The van der Waals surface area contributed by atoms with E-state index in [1.54, 1.807) is 19.2 Å². The first-order valence-electron chi connectivity index (χ1n) is 14.4. The van der Waals surface area contributed by atoms with Gasteiger partial charge in [-0.05, 0) is 78.7 Å². The minimum absolute atomic E-state index is 0.103. The van der Waals surface area contributed by atoms with E-state index in [1.165, 1.54) is 12.1 Å². The first-order chi connectivity index (χ1) is 20.8. The molecule has 7 nitrogen and oxygen atoms in total. The Morgan fingerprint density at radius 3 is 2.02 bits per heavy atom. The van der Waals surface area contributed by atoms with Crippen molar-refractivity contribution in [2.45, 2.75) is 43.3 Å². The molecule has 4 aromatic carbocycles. The van der Waals surface area contributed by atoms with Gasteiger partial charge in [-0.3, -0.25) is 10.1 Å². The molecule has 0 bridgehead atoms. The molecule has 0 aromatic heterocycles. The number of carboxylic acid groups (broad SMARTS) is 1. The van der Waals surface area contributed by atoms with Crippen molar-refractivity contribution >= 4 is 11.9 Å². The summed E-state index contributed by atoms with van der Waals surface area (Å²) in [6, 6.07) is 32.1. The van der Waals surface area contributed by atoms with Crippen molar-refractivity contribution in [2.24, 2.45) is 5.73 Å². The van der Waals surface area contributed by atoms with Gasteiger partial charge < -0.3 is 20.9 Å². The molecule has 0 saturated heterocycles. The summed E-state index contributed by atoms with van der Waals surface area (Å²) in [6.07, 6.45) is 1.55. The minimum Gasteiger partial charge on any atom is -0.497 e. The number of carbonyl (C=O) groups is 2. The number of carboxylic acids is 1. The summed E-state index contributed by atoms with van der Waals surface area (Å²) in [6.45, 7) is 0.579. The van der Waals surface area contributed by atoms with E-state index in [0.717, 1.165) is 22.4 Å². The Labute approximate surface area is 251 Å². The molecule has 2 atom stereocenters. The fourth-order valence-electron chi connectivity index (χ4n) is 5.32. The van der Waals surface area contributed by atoms with Crippen LogP contribution in [0.2, 0.25) is 0 Å². The van der Waals surface area contributed by atoms with Crippen LogP contribution in [0.25, 0.3) is 0 Å². The molecule has 0 spiro atoms. The van der Waals surface area contributed by atoms with Gasteiger partial charge in [-0.25, -0.2) is 9.18 Å². The number of hydrogen-bond acceptors (Lipinski definition) is 5. The van der Waals surface area contributed by atoms with Gasteiger partial charge in [0.1, 0.15) is 17.6 Å². The monoisotopic (exact) mass is 583 g/mol. The van der Waals surface area contributed by atoms with Gasteiger partial charge in [-0.1, -0.05) is 84.9 Å². The molecule has 0 saturated carbocycles. The van der Waals surface area contributed by atoms with Gasteiger partial charge in [0.2, 0.25) is 5.91 Å². The molecule has 224 valence electrons. The molecule has 0 fully saturated rings. The summed E-state index contributed by atoms with van der Waals surface area (Å²) in [5.41, 5.74) is 9.07. The van der Waals surface area contributed by atoms with Crippen molar-refractivity contribution < 1.29 is 23.8 Å². The van der Waals surface area contributed by atoms with Crippen molar-refractivity contribution in [2.75, 3.05) is 13.7 Å². The van der Waals surface area contributed by atoms with Gasteiger partial charge in [0.25, 0.3) is 0 Å². The molecule has 0 unspecified atom stereocenters. The van der Waals surface area contributed by atoms with E-state index in [0.29, 0.717) is 24.9 Å². The molecular formula is C35H38FN3O4. The molecule has 0 aliphatic rings. The number of benzene rings is 4. The molecule has 4 rings (SSSR count). The molecule has 43 heavy (non-hydrogen) atoms. The molecule has 0 aliphatic heterocycles. The van der Waals surface area contributed by atoms with Crippen molar-refractivity contribution in [3.63, 3.8) is 0 Å². The number of halogens is 1. The van der Waals surface area contributed by atoms with Crippen LogP contribution in [0.3, 0.4) is 0 Å². The Hall–Kier alpha value is -4.53. The first-order valence-corrected chi connectivity index (χ1v) is 14.4. The highest BCUT2D eigenvalue weighted by atomic mass is 19.1. The lowest BCUT2D eigenvalue weighted by Gasteiger charge is -2.37. The second-order valence-electron chi connectivity index (χ2n) is 10.5. The highest BCUT2D eigenvalue weighted by molar-refractivity contribution is 5.87. The maximum Gasteiger partial charge on any atom is 0.326 e. The zero-order valence-corrected chi connectivity index (χ0v) is 24.2. The number of nitrogens with two attached hydrogens (primary N) is 1. The third-order valence-electron chi connectivity index (χ3n) is 7.54. The predicted molar refractivity (Wildman–Crippen MR) is 165 cm³/mol. The zero-order chi connectivity index (χ0) is 30.7. The highest BCUT2D eigenvalue weighted by Gasteiger charge is 2.35. The second-order valence-corrected chi connectivity index (χ2v) is 10.5. The Bertz CT molecular complexity index is 1430. The van der Waals surface area contributed by atoms with E-state index in [9.17, 15) is 19.1 Å². The number of aliphatic carboxylic acids is 1. The van der Waals surface area contributed by atoms with E-state index in [1.807, 2.05) is 48.5 Å². The van der Waals surface area contributed by atoms with Crippen molar-refractivity contribution in [1.29, 1.82) is 0 Å². The number of hydrogen-bond donors (Lipinski definition) is 4.